The van der Waals surface area contributed by atoms with Crippen molar-refractivity contribution >= 4 is 40.9 Å². The predicted octanol–water partition coefficient (Wildman–Crippen LogP) is 8.00. The number of esters is 1. The summed E-state index contributed by atoms with van der Waals surface area (Å²) >= 11 is 6.38. The monoisotopic (exact) mass is 653 g/mol. The van der Waals surface area contributed by atoms with E-state index in [0.717, 1.165) is 23.9 Å². The second-order valence-electron chi connectivity index (χ2n) is 11.3. The number of halogens is 1. The van der Waals surface area contributed by atoms with Crippen LogP contribution in [0.5, 0.6) is 5.75 Å². The Morgan fingerprint density at radius 3 is 2.04 bits per heavy atom. The van der Waals surface area contributed by atoms with Gasteiger partial charge < -0.3 is 19.9 Å². The van der Waals surface area contributed by atoms with Crippen molar-refractivity contribution in [2.24, 2.45) is 0 Å². The zero-order valence-electron chi connectivity index (χ0n) is 27.1. The van der Waals surface area contributed by atoms with Crippen LogP contribution in [0, 0.1) is 13.8 Å². The lowest BCUT2D eigenvalue weighted by Gasteiger charge is -2.19. The molecule has 0 radical (unpaired) electrons. The highest BCUT2D eigenvalue weighted by molar-refractivity contribution is 6.34. The Morgan fingerprint density at radius 1 is 0.891 bits per heavy atom. The average Bonchev–Trinajstić information content (AvgIpc) is 3.33. The third-order valence-corrected chi connectivity index (χ3v) is 8.18. The summed E-state index contributed by atoms with van der Waals surface area (Å²) in [6, 6.07) is 8.93. The van der Waals surface area contributed by atoms with Crippen molar-refractivity contribution in [3.05, 3.63) is 75.6 Å². The van der Waals surface area contributed by atoms with Crippen molar-refractivity contribution in [3.63, 3.8) is 0 Å². The molecule has 11 heteroatoms. The fraction of sp³-hybridized carbons (Fsp3) is 0.457. The SMILES string of the molecule is CCCCCCCCCCCCOC(=O)c1ccc(Cl)c(NC(=O)C(C(=O)c2ccc(OC)cc2)n2nc(C)c(C(=O)O)c2C)c1. The summed E-state index contributed by atoms with van der Waals surface area (Å²) in [6.07, 6.45) is 11.7. The van der Waals surface area contributed by atoms with E-state index in [0.29, 0.717) is 5.75 Å². The number of ether oxygens (including phenoxy) is 2. The van der Waals surface area contributed by atoms with Gasteiger partial charge in [-0.3, -0.25) is 9.59 Å². The second kappa shape index (κ2) is 18.1. The highest BCUT2D eigenvalue weighted by Gasteiger charge is 2.34. The van der Waals surface area contributed by atoms with Gasteiger partial charge in [-0.1, -0.05) is 76.3 Å². The molecule has 0 saturated carbocycles. The number of methoxy groups -OCH3 is 1. The molecule has 0 fully saturated rings. The van der Waals surface area contributed by atoms with Crippen LogP contribution in [0.1, 0.15) is 120 Å². The number of rotatable bonds is 19. The van der Waals surface area contributed by atoms with E-state index >= 15 is 0 Å². The van der Waals surface area contributed by atoms with Gasteiger partial charge in [0.2, 0.25) is 0 Å². The summed E-state index contributed by atoms with van der Waals surface area (Å²) in [7, 11) is 1.49. The Kier molecular flexibility index (Phi) is 14.3. The molecule has 1 aromatic heterocycles. The summed E-state index contributed by atoms with van der Waals surface area (Å²) in [4.78, 5) is 52.2. The highest BCUT2D eigenvalue weighted by atomic mass is 35.5. The molecule has 46 heavy (non-hydrogen) atoms. The molecular weight excluding hydrogens is 610 g/mol. The minimum Gasteiger partial charge on any atom is -0.497 e. The van der Waals surface area contributed by atoms with Crippen molar-refractivity contribution in [2.75, 3.05) is 19.0 Å². The van der Waals surface area contributed by atoms with E-state index in [9.17, 15) is 24.3 Å². The summed E-state index contributed by atoms with van der Waals surface area (Å²) in [6.45, 7) is 5.46. The topological polar surface area (TPSA) is 137 Å². The van der Waals surface area contributed by atoms with Crippen LogP contribution < -0.4 is 10.1 Å². The number of carboxylic acids is 1. The molecule has 0 bridgehead atoms. The number of amides is 1. The number of ketones is 1. The van der Waals surface area contributed by atoms with E-state index in [1.165, 1.54) is 96.2 Å². The zero-order valence-corrected chi connectivity index (χ0v) is 27.8. The summed E-state index contributed by atoms with van der Waals surface area (Å²) < 4.78 is 11.7. The van der Waals surface area contributed by atoms with Crippen LogP contribution in [0.15, 0.2) is 42.5 Å². The Labute approximate surface area is 275 Å². The molecule has 1 atom stereocenters. The molecule has 10 nitrogen and oxygen atoms in total. The van der Waals surface area contributed by atoms with E-state index in [1.807, 2.05) is 0 Å². The summed E-state index contributed by atoms with van der Waals surface area (Å²) in [5, 5.41) is 16.7. The molecule has 0 spiro atoms. The van der Waals surface area contributed by atoms with E-state index in [1.54, 1.807) is 12.1 Å². The van der Waals surface area contributed by atoms with Crippen LogP contribution in [0.25, 0.3) is 0 Å². The number of aryl methyl sites for hydroxylation is 1. The summed E-state index contributed by atoms with van der Waals surface area (Å²) in [5.74, 6) is -2.73. The number of hydrogen-bond donors (Lipinski definition) is 2. The smallest absolute Gasteiger partial charge is 0.339 e. The number of nitrogens with one attached hydrogen (secondary N) is 1. The quantitative estimate of drug-likeness (QED) is 0.0575. The molecule has 2 aromatic carbocycles. The Morgan fingerprint density at radius 2 is 1.48 bits per heavy atom. The first-order chi connectivity index (χ1) is 22.1. The summed E-state index contributed by atoms with van der Waals surface area (Å²) in [5.41, 5.74) is 0.626. The molecule has 1 unspecified atom stereocenters. The van der Waals surface area contributed by atoms with E-state index in [-0.39, 0.29) is 45.4 Å². The molecular formula is C35H44ClN3O7. The van der Waals surface area contributed by atoms with Gasteiger partial charge in [0.25, 0.3) is 5.91 Å². The number of carboxylic acid groups (broad SMARTS) is 1. The Balaban J connectivity index is 1.70. The first kappa shape index (κ1) is 36.3. The maximum absolute atomic E-state index is 13.8. The normalized spacial score (nSPS) is 11.6. The lowest BCUT2D eigenvalue weighted by Crippen LogP contribution is -2.34. The van der Waals surface area contributed by atoms with Gasteiger partial charge in [-0.15, -0.1) is 0 Å². The van der Waals surface area contributed by atoms with Crippen LogP contribution in [0.3, 0.4) is 0 Å². The molecule has 2 N–H and O–H groups in total. The van der Waals surface area contributed by atoms with Crippen LogP contribution in [0.2, 0.25) is 5.02 Å². The number of aromatic nitrogens is 2. The van der Waals surface area contributed by atoms with Gasteiger partial charge >= 0.3 is 11.9 Å². The number of Topliss-reactive ketones (excluding diaryl/α,β-unsaturated/α-hetero) is 1. The molecule has 3 rings (SSSR count). The fourth-order valence-corrected chi connectivity index (χ4v) is 5.43. The minimum atomic E-state index is -1.58. The number of unbranched alkanes of at least 4 members (excludes halogenated alkanes) is 9. The first-order valence-electron chi connectivity index (χ1n) is 15.8. The van der Waals surface area contributed by atoms with Crippen LogP contribution in [-0.4, -0.2) is 52.2 Å². The van der Waals surface area contributed by atoms with Gasteiger partial charge in [0.15, 0.2) is 11.8 Å². The molecule has 0 aliphatic carbocycles. The van der Waals surface area contributed by atoms with Crippen molar-refractivity contribution in [3.8, 4) is 5.75 Å². The van der Waals surface area contributed by atoms with Crippen LogP contribution >= 0.6 is 11.6 Å². The van der Waals surface area contributed by atoms with Gasteiger partial charge in [0.05, 0.1) is 41.4 Å². The van der Waals surface area contributed by atoms with E-state index in [4.69, 9.17) is 21.1 Å². The number of aromatic carboxylic acids is 1. The third kappa shape index (κ3) is 9.91. The molecule has 0 aliphatic heterocycles. The first-order valence-corrected chi connectivity index (χ1v) is 16.2. The zero-order chi connectivity index (χ0) is 33.6. The molecule has 0 aliphatic rings. The van der Waals surface area contributed by atoms with Crippen molar-refractivity contribution < 1.29 is 33.8 Å². The van der Waals surface area contributed by atoms with Crippen LogP contribution in [-0.2, 0) is 9.53 Å². The van der Waals surface area contributed by atoms with Crippen molar-refractivity contribution in [1.82, 2.24) is 9.78 Å². The lowest BCUT2D eigenvalue weighted by molar-refractivity contribution is -0.118. The van der Waals surface area contributed by atoms with E-state index < -0.39 is 29.7 Å². The molecule has 248 valence electrons. The van der Waals surface area contributed by atoms with Gasteiger partial charge in [-0.25, -0.2) is 14.3 Å². The largest absolute Gasteiger partial charge is 0.497 e. The van der Waals surface area contributed by atoms with Crippen LogP contribution in [0.4, 0.5) is 5.69 Å². The average molecular weight is 654 g/mol. The van der Waals surface area contributed by atoms with E-state index in [2.05, 4.69) is 17.3 Å². The highest BCUT2D eigenvalue weighted by Crippen LogP contribution is 2.28. The van der Waals surface area contributed by atoms with Crippen molar-refractivity contribution in [1.29, 1.82) is 0 Å². The number of carbonyl (C=O) groups excluding carboxylic acids is 3. The predicted molar refractivity (Wildman–Crippen MR) is 177 cm³/mol. The maximum atomic E-state index is 13.8. The number of anilines is 1. The van der Waals surface area contributed by atoms with Gasteiger partial charge in [-0.05, 0) is 62.7 Å². The Hall–Kier alpha value is -4.18. The fourth-order valence-electron chi connectivity index (χ4n) is 5.27. The third-order valence-electron chi connectivity index (χ3n) is 7.85. The lowest BCUT2D eigenvalue weighted by atomic mass is 10.0. The number of hydrogen-bond acceptors (Lipinski definition) is 7. The second-order valence-corrected chi connectivity index (χ2v) is 11.7. The standard InChI is InChI=1S/C35H44ClN3O7/c1-5-6-7-8-9-10-11-12-13-14-21-46-35(44)26-17-20-28(36)29(22-26)37-33(41)31(32(40)25-15-18-27(45-4)19-16-25)39-24(3)30(34(42)43)23(2)38-39/h15-20,22,31H,5-14,21H2,1-4H3,(H,37,41)(H,42,43). The number of benzene rings is 2. The molecule has 1 amide bonds. The molecule has 0 saturated heterocycles. The molecule has 1 heterocycles. The maximum Gasteiger partial charge on any atom is 0.339 e. The Bertz CT molecular complexity index is 1500. The number of carbonyl (C=O) groups is 4. The molecule has 3 aromatic rings. The van der Waals surface area contributed by atoms with Gasteiger partial charge in [0, 0.05) is 5.56 Å². The minimum absolute atomic E-state index is 0.0903. The number of nitrogens with zero attached hydrogens (tertiary/aromatic N) is 2. The van der Waals surface area contributed by atoms with Gasteiger partial charge in [-0.2, -0.15) is 5.10 Å². The van der Waals surface area contributed by atoms with Gasteiger partial charge in [0.1, 0.15) is 11.3 Å². The van der Waals surface area contributed by atoms with Crippen molar-refractivity contribution in [2.45, 2.75) is 91.0 Å².